The number of nitrogens with zero attached hydrogens (tertiary/aromatic N) is 2. The van der Waals surface area contributed by atoms with Gasteiger partial charge in [0.15, 0.2) is 5.11 Å². The van der Waals surface area contributed by atoms with Crippen LogP contribution in [0.15, 0.2) is 77.3 Å². The second kappa shape index (κ2) is 8.71. The zero-order valence-electron chi connectivity index (χ0n) is 17.5. The van der Waals surface area contributed by atoms with Crippen molar-refractivity contribution < 1.29 is 9.52 Å². The first-order valence-electron chi connectivity index (χ1n) is 10.3. The number of benzene rings is 2. The van der Waals surface area contributed by atoms with E-state index in [4.69, 9.17) is 39.8 Å². The maximum atomic E-state index is 10.6. The van der Waals surface area contributed by atoms with Crippen LogP contribution in [0.3, 0.4) is 0 Å². The monoisotopic (exact) mass is 495 g/mol. The van der Waals surface area contributed by atoms with Gasteiger partial charge in [0.2, 0.25) is 0 Å². The van der Waals surface area contributed by atoms with Gasteiger partial charge in [-0.1, -0.05) is 35.3 Å². The summed E-state index contributed by atoms with van der Waals surface area (Å²) in [6.07, 6.45) is 1.74. The van der Waals surface area contributed by atoms with E-state index in [9.17, 15) is 5.11 Å². The fraction of sp³-hybridized carbons (Fsp3) is 0.120. The van der Waals surface area contributed by atoms with E-state index >= 15 is 0 Å². The van der Waals surface area contributed by atoms with Crippen LogP contribution >= 0.6 is 35.4 Å². The Morgan fingerprint density at radius 2 is 1.82 bits per heavy atom. The number of rotatable bonds is 4. The molecule has 4 aromatic rings. The van der Waals surface area contributed by atoms with E-state index in [1.807, 2.05) is 60.4 Å². The minimum Gasteiger partial charge on any atom is -0.506 e. The van der Waals surface area contributed by atoms with E-state index in [1.165, 1.54) is 0 Å². The van der Waals surface area contributed by atoms with Gasteiger partial charge in [-0.2, -0.15) is 0 Å². The lowest BCUT2D eigenvalue weighted by atomic mass is 10.0. The van der Waals surface area contributed by atoms with Crippen molar-refractivity contribution in [1.82, 2.24) is 10.3 Å². The van der Waals surface area contributed by atoms with E-state index < -0.39 is 6.04 Å². The Labute approximate surface area is 206 Å². The molecule has 2 aromatic carbocycles. The summed E-state index contributed by atoms with van der Waals surface area (Å²) >= 11 is 18.2. The topological polar surface area (TPSA) is 61.5 Å². The molecule has 0 aliphatic carbocycles. The highest BCUT2D eigenvalue weighted by Crippen LogP contribution is 2.46. The third-order valence-corrected chi connectivity index (χ3v) is 6.46. The van der Waals surface area contributed by atoms with Crippen molar-refractivity contribution in [1.29, 1.82) is 0 Å². The Balaban J connectivity index is 1.64. The zero-order chi connectivity index (χ0) is 23.1. The number of aromatic nitrogens is 1. The molecule has 0 unspecified atom stereocenters. The lowest BCUT2D eigenvalue weighted by Crippen LogP contribution is -2.29. The zero-order valence-corrected chi connectivity index (χ0v) is 19.8. The first-order valence-corrected chi connectivity index (χ1v) is 11.4. The van der Waals surface area contributed by atoms with E-state index in [-0.39, 0.29) is 11.8 Å². The van der Waals surface area contributed by atoms with E-state index in [2.05, 4.69) is 10.3 Å². The van der Waals surface area contributed by atoms with Gasteiger partial charge >= 0.3 is 0 Å². The van der Waals surface area contributed by atoms with Crippen LogP contribution in [0.5, 0.6) is 5.75 Å². The maximum Gasteiger partial charge on any atom is 0.174 e. The van der Waals surface area contributed by atoms with Crippen LogP contribution in [-0.4, -0.2) is 15.2 Å². The Bertz CT molecular complexity index is 1340. The second-order valence-electron chi connectivity index (χ2n) is 7.79. The van der Waals surface area contributed by atoms with Crippen LogP contribution in [-0.2, 0) is 0 Å². The highest BCUT2D eigenvalue weighted by molar-refractivity contribution is 7.80. The van der Waals surface area contributed by atoms with Crippen molar-refractivity contribution in [3.63, 3.8) is 0 Å². The molecule has 0 amide bonds. The molecule has 0 saturated carbocycles. The molecule has 1 aliphatic rings. The number of aryl methyl sites for hydroxylation is 1. The first kappa shape index (κ1) is 21.8. The van der Waals surface area contributed by atoms with Gasteiger partial charge in [-0.25, -0.2) is 0 Å². The number of hydrogen-bond acceptors (Lipinski definition) is 4. The minimum absolute atomic E-state index is 0.0627. The highest BCUT2D eigenvalue weighted by Gasteiger charge is 2.43. The van der Waals surface area contributed by atoms with Crippen molar-refractivity contribution >= 4 is 46.2 Å². The van der Waals surface area contributed by atoms with Crippen molar-refractivity contribution in [3.05, 3.63) is 100.0 Å². The highest BCUT2D eigenvalue weighted by atomic mass is 35.5. The fourth-order valence-electron chi connectivity index (χ4n) is 4.11. The quantitative estimate of drug-likeness (QED) is 0.302. The molecule has 3 heterocycles. The average molecular weight is 496 g/mol. The van der Waals surface area contributed by atoms with Crippen molar-refractivity contribution in [2.75, 3.05) is 4.90 Å². The molecule has 0 radical (unpaired) electrons. The molecular formula is C25H19Cl2N3O2S. The summed E-state index contributed by atoms with van der Waals surface area (Å²) in [6, 6.07) is 19.4. The summed E-state index contributed by atoms with van der Waals surface area (Å²) in [7, 11) is 0. The van der Waals surface area contributed by atoms with Gasteiger partial charge < -0.3 is 19.7 Å². The number of pyridine rings is 1. The van der Waals surface area contributed by atoms with Crippen molar-refractivity contribution in [2.24, 2.45) is 0 Å². The van der Waals surface area contributed by atoms with Crippen molar-refractivity contribution in [2.45, 2.75) is 19.0 Å². The maximum absolute atomic E-state index is 10.6. The molecule has 0 spiro atoms. The number of thiocarbonyl (C=S) groups is 1. The molecule has 2 atom stereocenters. The summed E-state index contributed by atoms with van der Waals surface area (Å²) in [5.74, 6) is 1.41. The number of phenolic OH excluding ortho intramolecular Hbond substituents is 1. The standard InChI is InChI=1S/C25H19Cl2N3O2S/c1-14-5-6-15(26)12-17(14)21-9-10-22(32-21)24-23(18-4-2-3-11-28-18)29-25(33)30(24)19-13-16(27)7-8-20(19)31/h2-13,23-24,31H,1H3,(H,29,33)/t23-,24-/m1/s1. The molecule has 0 bridgehead atoms. The number of aromatic hydroxyl groups is 1. The lowest BCUT2D eigenvalue weighted by molar-refractivity contribution is 0.434. The van der Waals surface area contributed by atoms with E-state index in [0.29, 0.717) is 32.4 Å². The SMILES string of the molecule is Cc1ccc(Cl)cc1-c1ccc([C@@H]2[C@@H](c3ccccn3)NC(=S)N2c2cc(Cl)ccc2O)o1. The average Bonchev–Trinajstić information content (AvgIpc) is 3.42. The molecule has 1 saturated heterocycles. The van der Waals surface area contributed by atoms with Gasteiger partial charge in [-0.3, -0.25) is 4.98 Å². The molecule has 2 aromatic heterocycles. The van der Waals surface area contributed by atoms with Crippen LogP contribution in [0.25, 0.3) is 11.3 Å². The fourth-order valence-corrected chi connectivity index (χ4v) is 4.79. The van der Waals surface area contributed by atoms with Gasteiger partial charge in [0.1, 0.15) is 23.3 Å². The smallest absolute Gasteiger partial charge is 0.174 e. The van der Waals surface area contributed by atoms with Gasteiger partial charge in [0, 0.05) is 21.8 Å². The molecule has 8 heteroatoms. The molecule has 1 aliphatic heterocycles. The number of phenols is 1. The molecule has 5 nitrogen and oxygen atoms in total. The van der Waals surface area contributed by atoms with Crippen LogP contribution in [0.1, 0.15) is 29.1 Å². The molecule has 166 valence electrons. The van der Waals surface area contributed by atoms with Gasteiger partial charge in [-0.05, 0) is 79.3 Å². The molecule has 2 N–H and O–H groups in total. The number of furan rings is 1. The van der Waals surface area contributed by atoms with Crippen LogP contribution in [0.2, 0.25) is 10.0 Å². The number of nitrogens with one attached hydrogen (secondary N) is 1. The summed E-state index contributed by atoms with van der Waals surface area (Å²) in [4.78, 5) is 6.36. The summed E-state index contributed by atoms with van der Waals surface area (Å²) < 4.78 is 6.37. The largest absolute Gasteiger partial charge is 0.506 e. The molecule has 5 rings (SSSR count). The number of anilines is 1. The number of halogens is 2. The minimum atomic E-state index is -0.412. The predicted molar refractivity (Wildman–Crippen MR) is 135 cm³/mol. The Hall–Kier alpha value is -3.06. The van der Waals surface area contributed by atoms with Gasteiger partial charge in [-0.15, -0.1) is 0 Å². The first-order chi connectivity index (χ1) is 15.9. The van der Waals surface area contributed by atoms with Gasteiger partial charge in [0.25, 0.3) is 0 Å². The van der Waals surface area contributed by atoms with Crippen LogP contribution in [0, 0.1) is 6.92 Å². The van der Waals surface area contributed by atoms with Crippen LogP contribution < -0.4 is 10.2 Å². The van der Waals surface area contributed by atoms with Crippen molar-refractivity contribution in [3.8, 4) is 17.1 Å². The van der Waals surface area contributed by atoms with Crippen LogP contribution in [0.4, 0.5) is 5.69 Å². The molecule has 33 heavy (non-hydrogen) atoms. The van der Waals surface area contributed by atoms with E-state index in [1.54, 1.807) is 24.4 Å². The Morgan fingerprint density at radius 1 is 1.03 bits per heavy atom. The summed E-state index contributed by atoms with van der Waals surface area (Å²) in [5.41, 5.74) is 3.24. The second-order valence-corrected chi connectivity index (χ2v) is 9.05. The summed E-state index contributed by atoms with van der Waals surface area (Å²) in [6.45, 7) is 2.01. The Kier molecular flexibility index (Phi) is 5.74. The third kappa shape index (κ3) is 4.06. The normalized spacial score (nSPS) is 17.9. The van der Waals surface area contributed by atoms with E-state index in [0.717, 1.165) is 16.8 Å². The molecule has 1 fully saturated rings. The lowest BCUT2D eigenvalue weighted by Gasteiger charge is -2.26. The molecular weight excluding hydrogens is 477 g/mol. The summed E-state index contributed by atoms with van der Waals surface area (Å²) in [5, 5.41) is 15.5. The third-order valence-electron chi connectivity index (χ3n) is 5.68. The van der Waals surface area contributed by atoms with Gasteiger partial charge in [0.05, 0.1) is 17.4 Å². The Morgan fingerprint density at radius 3 is 2.61 bits per heavy atom. The number of hydrogen-bond donors (Lipinski definition) is 2. The predicted octanol–water partition coefficient (Wildman–Crippen LogP) is 6.84.